The second-order valence-corrected chi connectivity index (χ2v) is 7.02. The van der Waals surface area contributed by atoms with Crippen molar-refractivity contribution in [2.45, 2.75) is 11.8 Å². The summed E-state index contributed by atoms with van der Waals surface area (Å²) in [6.07, 6.45) is 1.69. The van der Waals surface area contributed by atoms with E-state index in [1.54, 1.807) is 36.5 Å². The molecule has 0 bridgehead atoms. The van der Waals surface area contributed by atoms with Gasteiger partial charge in [-0.3, -0.25) is 9.71 Å². The van der Waals surface area contributed by atoms with Gasteiger partial charge in [-0.15, -0.1) is 0 Å². The Kier molecular flexibility index (Phi) is 3.76. The Balaban J connectivity index is 1.97. The number of rotatable bonds is 3. The van der Waals surface area contributed by atoms with Crippen LogP contribution in [0.4, 0.5) is 5.69 Å². The van der Waals surface area contributed by atoms with E-state index >= 15 is 0 Å². The van der Waals surface area contributed by atoms with Gasteiger partial charge in [-0.25, -0.2) is 8.42 Å². The zero-order valence-electron chi connectivity index (χ0n) is 11.7. The van der Waals surface area contributed by atoms with Crippen LogP contribution in [0.5, 0.6) is 0 Å². The molecule has 1 aromatic heterocycles. The van der Waals surface area contributed by atoms with Crippen molar-refractivity contribution in [3.05, 3.63) is 65.3 Å². The number of aryl methyl sites for hydroxylation is 1. The second kappa shape index (κ2) is 5.59. The fourth-order valence-corrected chi connectivity index (χ4v) is 3.41. The minimum absolute atomic E-state index is 0.134. The topological polar surface area (TPSA) is 59.1 Å². The number of nitrogens with one attached hydrogen (secondary N) is 1. The lowest BCUT2D eigenvalue weighted by Crippen LogP contribution is -2.13. The molecule has 2 aromatic carbocycles. The monoisotopic (exact) mass is 332 g/mol. The molecule has 0 aliphatic rings. The zero-order chi connectivity index (χ0) is 15.7. The van der Waals surface area contributed by atoms with Crippen molar-refractivity contribution in [3.8, 4) is 0 Å². The molecule has 0 radical (unpaired) electrons. The number of nitrogens with zero attached hydrogens (tertiary/aromatic N) is 1. The van der Waals surface area contributed by atoms with Crippen LogP contribution in [-0.2, 0) is 10.0 Å². The molecule has 0 saturated carbocycles. The lowest BCUT2D eigenvalue weighted by molar-refractivity contribution is 0.601. The third-order valence-electron chi connectivity index (χ3n) is 3.31. The maximum atomic E-state index is 12.4. The van der Waals surface area contributed by atoms with E-state index in [-0.39, 0.29) is 4.90 Å². The third-order valence-corrected chi connectivity index (χ3v) is 5.09. The molecule has 1 heterocycles. The highest BCUT2D eigenvalue weighted by atomic mass is 35.5. The normalized spacial score (nSPS) is 11.5. The fraction of sp³-hybridized carbons (Fsp3) is 0.0625. The number of hydrogen-bond donors (Lipinski definition) is 1. The standard InChI is InChI=1S/C16H13ClN2O2S/c1-11-4-6-14(10-15(11)17)22(20,21)19-13-5-7-16-12(9-13)3-2-8-18-16/h2-10,19H,1H3. The van der Waals surface area contributed by atoms with E-state index in [9.17, 15) is 8.42 Å². The van der Waals surface area contributed by atoms with Crippen molar-refractivity contribution in [1.29, 1.82) is 0 Å². The average molecular weight is 333 g/mol. The smallest absolute Gasteiger partial charge is 0.261 e. The highest BCUT2D eigenvalue weighted by Gasteiger charge is 2.15. The highest BCUT2D eigenvalue weighted by molar-refractivity contribution is 7.92. The van der Waals surface area contributed by atoms with E-state index in [0.717, 1.165) is 16.5 Å². The number of pyridine rings is 1. The Hall–Kier alpha value is -2.11. The van der Waals surface area contributed by atoms with Gasteiger partial charge < -0.3 is 0 Å². The molecule has 0 fully saturated rings. The summed E-state index contributed by atoms with van der Waals surface area (Å²) in [7, 11) is -3.68. The summed E-state index contributed by atoms with van der Waals surface area (Å²) >= 11 is 6.00. The second-order valence-electron chi connectivity index (χ2n) is 4.93. The molecule has 0 saturated heterocycles. The molecule has 22 heavy (non-hydrogen) atoms. The van der Waals surface area contributed by atoms with Gasteiger partial charge in [0.05, 0.1) is 10.4 Å². The Bertz CT molecular complexity index is 955. The molecular weight excluding hydrogens is 320 g/mol. The predicted octanol–water partition coefficient (Wildman–Crippen LogP) is 4.00. The number of benzene rings is 2. The molecule has 4 nitrogen and oxygen atoms in total. The van der Waals surface area contributed by atoms with E-state index < -0.39 is 10.0 Å². The maximum absolute atomic E-state index is 12.4. The van der Waals surface area contributed by atoms with Gasteiger partial charge in [0.15, 0.2) is 0 Å². The van der Waals surface area contributed by atoms with Crippen LogP contribution in [0.25, 0.3) is 10.9 Å². The first-order chi connectivity index (χ1) is 10.5. The van der Waals surface area contributed by atoms with E-state index in [0.29, 0.717) is 10.7 Å². The number of aromatic nitrogens is 1. The van der Waals surface area contributed by atoms with Gasteiger partial charge in [-0.1, -0.05) is 23.7 Å². The van der Waals surface area contributed by atoms with Crippen molar-refractivity contribution in [2.75, 3.05) is 4.72 Å². The van der Waals surface area contributed by atoms with Crippen molar-refractivity contribution >= 4 is 38.2 Å². The van der Waals surface area contributed by atoms with Crippen molar-refractivity contribution in [3.63, 3.8) is 0 Å². The number of fused-ring (bicyclic) bond motifs is 1. The van der Waals surface area contributed by atoms with E-state index in [1.165, 1.54) is 12.1 Å². The molecule has 0 aliphatic heterocycles. The number of halogens is 1. The molecule has 0 spiro atoms. The first-order valence-corrected chi connectivity index (χ1v) is 8.45. The van der Waals surface area contributed by atoms with E-state index in [4.69, 9.17) is 11.6 Å². The lowest BCUT2D eigenvalue weighted by Gasteiger charge is -2.10. The van der Waals surface area contributed by atoms with Crippen LogP contribution < -0.4 is 4.72 Å². The van der Waals surface area contributed by atoms with Crippen molar-refractivity contribution in [2.24, 2.45) is 0 Å². The largest absolute Gasteiger partial charge is 0.280 e. The Labute approximate surface area is 133 Å². The summed E-state index contributed by atoms with van der Waals surface area (Å²) in [5.41, 5.74) is 2.12. The summed E-state index contributed by atoms with van der Waals surface area (Å²) in [6, 6.07) is 13.5. The molecule has 1 N–H and O–H groups in total. The first kappa shape index (κ1) is 14.8. The molecular formula is C16H13ClN2O2S. The Morgan fingerprint density at radius 1 is 1.09 bits per heavy atom. The lowest BCUT2D eigenvalue weighted by atomic mass is 10.2. The van der Waals surface area contributed by atoms with Crippen LogP contribution in [0.3, 0.4) is 0 Å². The quantitative estimate of drug-likeness (QED) is 0.788. The molecule has 3 rings (SSSR count). The summed E-state index contributed by atoms with van der Waals surface area (Å²) in [5, 5.41) is 1.29. The average Bonchev–Trinajstić information content (AvgIpc) is 2.49. The minimum atomic E-state index is -3.68. The summed E-state index contributed by atoms with van der Waals surface area (Å²) in [4.78, 5) is 4.34. The first-order valence-electron chi connectivity index (χ1n) is 6.59. The Morgan fingerprint density at radius 2 is 1.91 bits per heavy atom. The van der Waals surface area contributed by atoms with Gasteiger partial charge in [-0.05, 0) is 48.9 Å². The van der Waals surface area contributed by atoms with Crippen LogP contribution in [0.1, 0.15) is 5.56 Å². The van der Waals surface area contributed by atoms with Crippen molar-refractivity contribution in [1.82, 2.24) is 4.98 Å². The summed E-state index contributed by atoms with van der Waals surface area (Å²) in [6.45, 7) is 1.82. The third kappa shape index (κ3) is 2.91. The number of anilines is 1. The molecule has 0 aliphatic carbocycles. The number of sulfonamides is 1. The van der Waals surface area contributed by atoms with E-state index in [2.05, 4.69) is 9.71 Å². The van der Waals surface area contributed by atoms with Crippen LogP contribution in [0.15, 0.2) is 59.6 Å². The summed E-state index contributed by atoms with van der Waals surface area (Å²) in [5.74, 6) is 0. The molecule has 112 valence electrons. The predicted molar refractivity (Wildman–Crippen MR) is 88.7 cm³/mol. The van der Waals surface area contributed by atoms with Gasteiger partial charge in [0.2, 0.25) is 0 Å². The van der Waals surface area contributed by atoms with Crippen molar-refractivity contribution < 1.29 is 8.42 Å². The van der Waals surface area contributed by atoms with Gasteiger partial charge >= 0.3 is 0 Å². The number of hydrogen-bond acceptors (Lipinski definition) is 3. The van der Waals surface area contributed by atoms with Crippen LogP contribution in [0.2, 0.25) is 5.02 Å². The fourth-order valence-electron chi connectivity index (χ4n) is 2.09. The maximum Gasteiger partial charge on any atom is 0.261 e. The highest BCUT2D eigenvalue weighted by Crippen LogP contribution is 2.23. The minimum Gasteiger partial charge on any atom is -0.280 e. The molecule has 0 unspecified atom stereocenters. The Morgan fingerprint density at radius 3 is 2.68 bits per heavy atom. The van der Waals surface area contributed by atoms with Gasteiger partial charge in [-0.2, -0.15) is 0 Å². The molecule has 0 atom stereocenters. The van der Waals surface area contributed by atoms with Gasteiger partial charge in [0.1, 0.15) is 0 Å². The summed E-state index contributed by atoms with van der Waals surface area (Å²) < 4.78 is 27.4. The molecule has 3 aromatic rings. The SMILES string of the molecule is Cc1ccc(S(=O)(=O)Nc2ccc3ncccc3c2)cc1Cl. The van der Waals surface area contributed by atoms with Crippen LogP contribution in [0, 0.1) is 6.92 Å². The van der Waals surface area contributed by atoms with E-state index in [1.807, 2.05) is 13.0 Å². The molecule has 0 amide bonds. The molecule has 6 heteroatoms. The van der Waals surface area contributed by atoms with Crippen LogP contribution in [-0.4, -0.2) is 13.4 Å². The zero-order valence-corrected chi connectivity index (χ0v) is 13.3. The van der Waals surface area contributed by atoms with Crippen LogP contribution >= 0.6 is 11.6 Å². The van der Waals surface area contributed by atoms with Gasteiger partial charge in [0, 0.05) is 22.3 Å². The van der Waals surface area contributed by atoms with Gasteiger partial charge in [0.25, 0.3) is 10.0 Å².